The van der Waals surface area contributed by atoms with Crippen molar-refractivity contribution in [3.8, 4) is 22.3 Å². The van der Waals surface area contributed by atoms with E-state index >= 15 is 0 Å². The van der Waals surface area contributed by atoms with Crippen LogP contribution in [0.25, 0.3) is 33.2 Å². The first-order valence-electron chi connectivity index (χ1n) is 13.6. The summed E-state index contributed by atoms with van der Waals surface area (Å²) in [6.07, 6.45) is 1.60. The standard InChI is InChI=1S/C35H24F3N3O3/c36-29-11-9-24(10-12-29)23-5-3-22(4-6-23)20-41-33-28(19-40-41)13-26(27-14-30(37)17-31(38)15-27)16-32(33)34(42)39-18-21-1-7-25(8-2-21)35(43)44/h1-17,19H,18,20H2,(H,39,42)(H,43,44). The van der Waals surface area contributed by atoms with Crippen LogP contribution in [0.15, 0.2) is 109 Å². The molecular weight excluding hydrogens is 567 g/mol. The lowest BCUT2D eigenvalue weighted by atomic mass is 9.99. The Morgan fingerprint density at radius 3 is 1.91 bits per heavy atom. The zero-order chi connectivity index (χ0) is 30.8. The average molecular weight is 592 g/mol. The lowest BCUT2D eigenvalue weighted by Gasteiger charge is -2.13. The Labute approximate surface area is 250 Å². The maximum atomic E-state index is 14.1. The summed E-state index contributed by atoms with van der Waals surface area (Å²) in [5.41, 5.74) is 5.02. The van der Waals surface area contributed by atoms with E-state index in [9.17, 15) is 22.8 Å². The third-order valence-electron chi connectivity index (χ3n) is 7.29. The quantitative estimate of drug-likeness (QED) is 0.192. The van der Waals surface area contributed by atoms with E-state index < -0.39 is 23.5 Å². The number of nitrogens with zero attached hydrogens (tertiary/aromatic N) is 2. The number of benzene rings is 5. The molecule has 0 aliphatic carbocycles. The molecule has 1 amide bonds. The Hall–Kier alpha value is -5.70. The Morgan fingerprint density at radius 2 is 1.27 bits per heavy atom. The summed E-state index contributed by atoms with van der Waals surface area (Å²) >= 11 is 0. The van der Waals surface area contributed by atoms with E-state index in [1.807, 2.05) is 24.3 Å². The van der Waals surface area contributed by atoms with Gasteiger partial charge in [-0.25, -0.2) is 18.0 Å². The second kappa shape index (κ2) is 11.9. The van der Waals surface area contributed by atoms with Gasteiger partial charge in [0.25, 0.3) is 5.91 Å². The van der Waals surface area contributed by atoms with Crippen LogP contribution in [0.4, 0.5) is 13.2 Å². The summed E-state index contributed by atoms with van der Waals surface area (Å²) in [7, 11) is 0. The van der Waals surface area contributed by atoms with Gasteiger partial charge in [0.2, 0.25) is 0 Å². The molecule has 5 aromatic carbocycles. The van der Waals surface area contributed by atoms with Crippen molar-refractivity contribution in [3.63, 3.8) is 0 Å². The van der Waals surface area contributed by atoms with Crippen LogP contribution < -0.4 is 5.32 Å². The van der Waals surface area contributed by atoms with Gasteiger partial charge in [-0.05, 0) is 81.9 Å². The highest BCUT2D eigenvalue weighted by atomic mass is 19.1. The number of carboxylic acid groups (broad SMARTS) is 1. The predicted molar refractivity (Wildman–Crippen MR) is 161 cm³/mol. The summed E-state index contributed by atoms with van der Waals surface area (Å²) in [5, 5.41) is 17.1. The number of hydrogen-bond donors (Lipinski definition) is 2. The van der Waals surface area contributed by atoms with Crippen LogP contribution in [0.1, 0.15) is 31.8 Å². The average Bonchev–Trinajstić information content (AvgIpc) is 3.42. The third kappa shape index (κ3) is 6.07. The number of carboxylic acids is 1. The monoisotopic (exact) mass is 591 g/mol. The highest BCUT2D eigenvalue weighted by Crippen LogP contribution is 2.30. The molecule has 0 radical (unpaired) electrons. The number of carbonyl (C=O) groups is 2. The first kappa shape index (κ1) is 28.4. The Bertz CT molecular complexity index is 1980. The molecule has 6 nitrogen and oxygen atoms in total. The van der Waals surface area contributed by atoms with Crippen molar-refractivity contribution in [2.45, 2.75) is 13.1 Å². The highest BCUT2D eigenvalue weighted by molar-refractivity contribution is 6.07. The van der Waals surface area contributed by atoms with Crippen LogP contribution in [0.2, 0.25) is 0 Å². The van der Waals surface area contributed by atoms with Crippen molar-refractivity contribution in [1.82, 2.24) is 15.1 Å². The molecule has 6 aromatic rings. The van der Waals surface area contributed by atoms with Gasteiger partial charge in [-0.1, -0.05) is 48.5 Å². The highest BCUT2D eigenvalue weighted by Gasteiger charge is 2.18. The molecule has 0 saturated carbocycles. The zero-order valence-corrected chi connectivity index (χ0v) is 23.1. The minimum absolute atomic E-state index is 0.123. The smallest absolute Gasteiger partial charge is 0.335 e. The maximum Gasteiger partial charge on any atom is 0.335 e. The van der Waals surface area contributed by atoms with Crippen LogP contribution in [-0.2, 0) is 13.1 Å². The molecule has 44 heavy (non-hydrogen) atoms. The van der Waals surface area contributed by atoms with Gasteiger partial charge in [0.05, 0.1) is 29.4 Å². The molecule has 9 heteroatoms. The first-order valence-corrected chi connectivity index (χ1v) is 13.6. The molecule has 1 aromatic heterocycles. The number of halogens is 3. The molecule has 1 heterocycles. The molecule has 0 atom stereocenters. The van der Waals surface area contributed by atoms with Gasteiger partial charge in [0.1, 0.15) is 17.5 Å². The summed E-state index contributed by atoms with van der Waals surface area (Å²) < 4.78 is 43.2. The molecule has 0 aliphatic rings. The van der Waals surface area contributed by atoms with Gasteiger partial charge in [0.15, 0.2) is 0 Å². The molecule has 0 unspecified atom stereocenters. The van der Waals surface area contributed by atoms with Crippen molar-refractivity contribution in [3.05, 3.63) is 149 Å². The fourth-order valence-electron chi connectivity index (χ4n) is 5.07. The van der Waals surface area contributed by atoms with E-state index in [0.29, 0.717) is 28.6 Å². The predicted octanol–water partition coefficient (Wildman–Crippen LogP) is 7.46. The maximum absolute atomic E-state index is 14.1. The summed E-state index contributed by atoms with van der Waals surface area (Å²) in [6.45, 7) is 0.454. The Morgan fingerprint density at radius 1 is 0.682 bits per heavy atom. The minimum Gasteiger partial charge on any atom is -0.478 e. The number of aromatic nitrogens is 2. The lowest BCUT2D eigenvalue weighted by molar-refractivity contribution is 0.0696. The van der Waals surface area contributed by atoms with Gasteiger partial charge in [-0.2, -0.15) is 5.10 Å². The minimum atomic E-state index is -1.05. The van der Waals surface area contributed by atoms with Crippen LogP contribution in [0.3, 0.4) is 0 Å². The number of amides is 1. The second-order valence-electron chi connectivity index (χ2n) is 10.3. The van der Waals surface area contributed by atoms with Crippen molar-refractivity contribution < 1.29 is 27.9 Å². The fraction of sp³-hybridized carbons (Fsp3) is 0.0571. The van der Waals surface area contributed by atoms with E-state index in [-0.39, 0.29) is 29.1 Å². The molecule has 2 N–H and O–H groups in total. The lowest BCUT2D eigenvalue weighted by Crippen LogP contribution is -2.24. The molecule has 0 spiro atoms. The number of aromatic carboxylic acids is 1. The van der Waals surface area contributed by atoms with Crippen molar-refractivity contribution in [1.29, 1.82) is 0 Å². The van der Waals surface area contributed by atoms with Crippen LogP contribution in [0.5, 0.6) is 0 Å². The fourth-order valence-corrected chi connectivity index (χ4v) is 5.07. The molecule has 218 valence electrons. The van der Waals surface area contributed by atoms with Crippen molar-refractivity contribution >= 4 is 22.8 Å². The normalized spacial score (nSPS) is 11.1. The number of hydrogen-bond acceptors (Lipinski definition) is 3. The summed E-state index contributed by atoms with van der Waals surface area (Å²) in [6, 6.07) is 26.6. The molecule has 6 rings (SSSR count). The topological polar surface area (TPSA) is 84.2 Å². The van der Waals surface area contributed by atoms with Gasteiger partial charge >= 0.3 is 5.97 Å². The first-order chi connectivity index (χ1) is 21.2. The van der Waals surface area contributed by atoms with Gasteiger partial charge in [-0.3, -0.25) is 9.48 Å². The number of nitrogens with one attached hydrogen (secondary N) is 1. The summed E-state index contributed by atoms with van der Waals surface area (Å²) in [5.74, 6) is -3.28. The second-order valence-corrected chi connectivity index (χ2v) is 10.3. The van der Waals surface area contributed by atoms with Gasteiger partial charge in [-0.15, -0.1) is 0 Å². The van der Waals surface area contributed by atoms with Crippen molar-refractivity contribution in [2.75, 3.05) is 0 Å². The van der Waals surface area contributed by atoms with E-state index in [1.165, 1.54) is 36.4 Å². The van der Waals surface area contributed by atoms with Crippen molar-refractivity contribution in [2.24, 2.45) is 0 Å². The summed E-state index contributed by atoms with van der Waals surface area (Å²) in [4.78, 5) is 24.8. The number of carbonyl (C=O) groups excluding carboxylic acids is 1. The van der Waals surface area contributed by atoms with Gasteiger partial charge in [0, 0.05) is 18.0 Å². The van der Waals surface area contributed by atoms with Crippen LogP contribution in [-0.4, -0.2) is 26.8 Å². The van der Waals surface area contributed by atoms with E-state index in [2.05, 4.69) is 10.4 Å². The molecule has 0 bridgehead atoms. The van der Waals surface area contributed by atoms with E-state index in [0.717, 1.165) is 22.8 Å². The Kier molecular flexibility index (Phi) is 7.68. The zero-order valence-electron chi connectivity index (χ0n) is 23.1. The SMILES string of the molecule is O=C(O)c1ccc(CNC(=O)c2cc(-c3cc(F)cc(F)c3)cc3cnn(Cc4ccc(-c5ccc(F)cc5)cc4)c23)cc1. The number of rotatable bonds is 8. The molecule has 0 saturated heterocycles. The third-order valence-corrected chi connectivity index (χ3v) is 7.29. The molecular formula is C35H24F3N3O3. The molecule has 0 fully saturated rings. The van der Waals surface area contributed by atoms with Gasteiger partial charge < -0.3 is 10.4 Å². The van der Waals surface area contributed by atoms with Crippen LogP contribution in [0, 0.1) is 17.5 Å². The Balaban J connectivity index is 1.34. The van der Waals surface area contributed by atoms with E-state index in [1.54, 1.807) is 47.3 Å². The number of fused-ring (bicyclic) bond motifs is 1. The largest absolute Gasteiger partial charge is 0.478 e. The van der Waals surface area contributed by atoms with E-state index in [4.69, 9.17) is 5.11 Å². The molecule has 0 aliphatic heterocycles. The van der Waals surface area contributed by atoms with Crippen LogP contribution >= 0.6 is 0 Å².